The molecule has 90 valence electrons. The van der Waals surface area contributed by atoms with E-state index >= 15 is 0 Å². The molecular weight excluding hydrogens is 200 g/mol. The smallest absolute Gasteiger partial charge is 0.142 e. The Hall–Kier alpha value is -1.22. The van der Waals surface area contributed by atoms with Crippen LogP contribution in [0.1, 0.15) is 19.8 Å². The predicted molar refractivity (Wildman–Crippen MR) is 68.8 cm³/mol. The molecule has 0 aromatic heterocycles. The van der Waals surface area contributed by atoms with Crippen molar-refractivity contribution >= 4 is 5.69 Å². The van der Waals surface area contributed by atoms with E-state index in [1.807, 2.05) is 24.3 Å². The van der Waals surface area contributed by atoms with Crippen LogP contribution in [-0.4, -0.2) is 31.6 Å². The number of nitrogens with zero attached hydrogens (tertiary/aromatic N) is 1. The second-order valence-electron chi connectivity index (χ2n) is 4.04. The lowest BCUT2D eigenvalue weighted by molar-refractivity contribution is 0.263. The highest BCUT2D eigenvalue weighted by atomic mass is 16.5. The summed E-state index contributed by atoms with van der Waals surface area (Å²) in [5.41, 5.74) is 6.49. The molecule has 2 N–H and O–H groups in total. The highest BCUT2D eigenvalue weighted by molar-refractivity contribution is 5.51. The van der Waals surface area contributed by atoms with Gasteiger partial charge in [0.15, 0.2) is 0 Å². The monoisotopic (exact) mass is 222 g/mol. The van der Waals surface area contributed by atoms with Crippen molar-refractivity contribution in [2.75, 3.05) is 32.5 Å². The van der Waals surface area contributed by atoms with Crippen LogP contribution in [-0.2, 0) is 0 Å². The number of benzene rings is 1. The highest BCUT2D eigenvalue weighted by Crippen LogP contribution is 2.19. The summed E-state index contributed by atoms with van der Waals surface area (Å²) in [7, 11) is 2.14. The number of hydrogen-bond donors (Lipinski definition) is 1. The third-order valence-electron chi connectivity index (χ3n) is 2.47. The maximum Gasteiger partial charge on any atom is 0.142 e. The minimum Gasteiger partial charge on any atom is -0.491 e. The molecule has 0 radical (unpaired) electrons. The molecule has 0 spiro atoms. The predicted octanol–water partition coefficient (Wildman–Crippen LogP) is 2.38. The molecule has 0 bridgehead atoms. The molecule has 0 atom stereocenters. The topological polar surface area (TPSA) is 38.5 Å². The van der Waals surface area contributed by atoms with Crippen LogP contribution >= 0.6 is 0 Å². The zero-order valence-corrected chi connectivity index (χ0v) is 10.3. The quantitative estimate of drug-likeness (QED) is 0.568. The highest BCUT2D eigenvalue weighted by Gasteiger charge is 1.99. The first-order chi connectivity index (χ1) is 7.74. The third-order valence-corrected chi connectivity index (χ3v) is 2.47. The Morgan fingerprint density at radius 3 is 2.69 bits per heavy atom. The van der Waals surface area contributed by atoms with Crippen molar-refractivity contribution in [2.45, 2.75) is 19.8 Å². The van der Waals surface area contributed by atoms with E-state index in [4.69, 9.17) is 10.5 Å². The Balaban J connectivity index is 2.19. The standard InChI is InChI=1S/C13H22N2O/c1-3-9-15(2)10-6-11-16-13-8-5-4-7-12(13)14/h4-5,7-8H,3,6,9-11,14H2,1-2H3. The van der Waals surface area contributed by atoms with Crippen LogP contribution in [0.3, 0.4) is 0 Å². The SMILES string of the molecule is CCCN(C)CCCOc1ccccc1N. The van der Waals surface area contributed by atoms with Gasteiger partial charge in [0.1, 0.15) is 5.75 Å². The van der Waals surface area contributed by atoms with E-state index in [1.165, 1.54) is 6.42 Å². The van der Waals surface area contributed by atoms with Crippen molar-refractivity contribution in [1.29, 1.82) is 0 Å². The van der Waals surface area contributed by atoms with Crippen LogP contribution in [0.15, 0.2) is 24.3 Å². The Morgan fingerprint density at radius 2 is 2.00 bits per heavy atom. The van der Waals surface area contributed by atoms with Crippen molar-refractivity contribution < 1.29 is 4.74 Å². The first-order valence-electron chi connectivity index (χ1n) is 5.90. The van der Waals surface area contributed by atoms with Gasteiger partial charge < -0.3 is 15.4 Å². The Kier molecular flexibility index (Phi) is 5.72. The fourth-order valence-electron chi connectivity index (χ4n) is 1.62. The van der Waals surface area contributed by atoms with E-state index in [-0.39, 0.29) is 0 Å². The van der Waals surface area contributed by atoms with E-state index in [9.17, 15) is 0 Å². The minimum absolute atomic E-state index is 0.712. The summed E-state index contributed by atoms with van der Waals surface area (Å²) in [6.07, 6.45) is 2.23. The summed E-state index contributed by atoms with van der Waals surface area (Å²) in [5, 5.41) is 0. The van der Waals surface area contributed by atoms with Gasteiger partial charge in [-0.1, -0.05) is 19.1 Å². The van der Waals surface area contributed by atoms with E-state index in [2.05, 4.69) is 18.9 Å². The molecular formula is C13H22N2O. The lowest BCUT2D eigenvalue weighted by atomic mass is 10.3. The maximum absolute atomic E-state index is 5.77. The largest absolute Gasteiger partial charge is 0.491 e. The molecule has 0 fully saturated rings. The number of para-hydroxylation sites is 2. The Morgan fingerprint density at radius 1 is 1.25 bits per heavy atom. The first-order valence-corrected chi connectivity index (χ1v) is 5.90. The maximum atomic E-state index is 5.77. The van der Waals surface area contributed by atoms with E-state index in [0.717, 1.165) is 31.9 Å². The first kappa shape index (κ1) is 12.8. The second kappa shape index (κ2) is 7.12. The molecule has 1 aromatic carbocycles. The van der Waals surface area contributed by atoms with Crippen molar-refractivity contribution in [3.8, 4) is 5.75 Å². The fourth-order valence-corrected chi connectivity index (χ4v) is 1.62. The number of nitrogen functional groups attached to an aromatic ring is 1. The minimum atomic E-state index is 0.712. The van der Waals surface area contributed by atoms with Gasteiger partial charge in [0.2, 0.25) is 0 Å². The lowest BCUT2D eigenvalue weighted by Crippen LogP contribution is -2.21. The average molecular weight is 222 g/mol. The lowest BCUT2D eigenvalue weighted by Gasteiger charge is -2.15. The zero-order chi connectivity index (χ0) is 11.8. The molecule has 0 heterocycles. The van der Waals surface area contributed by atoms with Crippen molar-refractivity contribution in [3.05, 3.63) is 24.3 Å². The molecule has 0 unspecified atom stereocenters. The normalized spacial score (nSPS) is 10.7. The van der Waals surface area contributed by atoms with Gasteiger partial charge in [-0.2, -0.15) is 0 Å². The van der Waals surface area contributed by atoms with Gasteiger partial charge in [-0.25, -0.2) is 0 Å². The number of rotatable bonds is 7. The molecule has 3 heteroatoms. The molecule has 1 aromatic rings. The van der Waals surface area contributed by atoms with Gasteiger partial charge in [-0.15, -0.1) is 0 Å². The van der Waals surface area contributed by atoms with Gasteiger partial charge in [-0.3, -0.25) is 0 Å². The number of anilines is 1. The van der Waals surface area contributed by atoms with Crippen molar-refractivity contribution in [2.24, 2.45) is 0 Å². The summed E-state index contributed by atoms with van der Waals surface area (Å²) in [4.78, 5) is 2.32. The summed E-state index contributed by atoms with van der Waals surface area (Å²) in [6.45, 7) is 5.13. The molecule has 0 aliphatic heterocycles. The fraction of sp³-hybridized carbons (Fsp3) is 0.538. The summed E-state index contributed by atoms with van der Waals surface area (Å²) < 4.78 is 5.61. The second-order valence-corrected chi connectivity index (χ2v) is 4.04. The van der Waals surface area contributed by atoms with Crippen LogP contribution in [0, 0.1) is 0 Å². The Bertz CT molecular complexity index is 302. The van der Waals surface area contributed by atoms with Crippen LogP contribution in [0.2, 0.25) is 0 Å². The van der Waals surface area contributed by atoms with Crippen LogP contribution < -0.4 is 10.5 Å². The van der Waals surface area contributed by atoms with Crippen LogP contribution in [0.4, 0.5) is 5.69 Å². The van der Waals surface area contributed by atoms with E-state index in [0.29, 0.717) is 5.69 Å². The summed E-state index contributed by atoms with van der Waals surface area (Å²) in [6, 6.07) is 7.62. The van der Waals surface area contributed by atoms with Crippen LogP contribution in [0.25, 0.3) is 0 Å². The van der Waals surface area contributed by atoms with Gasteiger partial charge in [0.05, 0.1) is 12.3 Å². The number of hydrogen-bond acceptors (Lipinski definition) is 3. The average Bonchev–Trinajstić information content (AvgIpc) is 2.27. The molecule has 0 aliphatic carbocycles. The molecule has 0 saturated heterocycles. The van der Waals surface area contributed by atoms with Gasteiger partial charge in [0, 0.05) is 6.54 Å². The summed E-state index contributed by atoms with van der Waals surface area (Å²) in [5.74, 6) is 0.792. The molecule has 0 aliphatic rings. The van der Waals surface area contributed by atoms with E-state index in [1.54, 1.807) is 0 Å². The number of ether oxygens (including phenoxy) is 1. The third kappa shape index (κ3) is 4.53. The van der Waals surface area contributed by atoms with Gasteiger partial charge >= 0.3 is 0 Å². The van der Waals surface area contributed by atoms with Gasteiger partial charge in [-0.05, 0) is 38.6 Å². The molecule has 3 nitrogen and oxygen atoms in total. The van der Waals surface area contributed by atoms with Crippen molar-refractivity contribution in [1.82, 2.24) is 4.90 Å². The summed E-state index contributed by atoms with van der Waals surface area (Å²) >= 11 is 0. The molecule has 16 heavy (non-hydrogen) atoms. The molecule has 0 amide bonds. The zero-order valence-electron chi connectivity index (χ0n) is 10.3. The van der Waals surface area contributed by atoms with Gasteiger partial charge in [0.25, 0.3) is 0 Å². The molecule has 1 rings (SSSR count). The van der Waals surface area contributed by atoms with E-state index < -0.39 is 0 Å². The number of nitrogens with two attached hydrogens (primary N) is 1. The van der Waals surface area contributed by atoms with Crippen LogP contribution in [0.5, 0.6) is 5.75 Å². The molecule has 0 saturated carbocycles. The van der Waals surface area contributed by atoms with Crippen molar-refractivity contribution in [3.63, 3.8) is 0 Å². The Labute approximate surface area is 98.2 Å².